The van der Waals surface area contributed by atoms with Gasteiger partial charge in [0.2, 0.25) is 0 Å². The van der Waals surface area contributed by atoms with E-state index in [1.807, 2.05) is 6.07 Å². The number of nitrogens with one attached hydrogen (secondary N) is 1. The van der Waals surface area contributed by atoms with E-state index in [0.717, 1.165) is 5.69 Å². The normalized spacial score (nSPS) is 17.4. The summed E-state index contributed by atoms with van der Waals surface area (Å²) in [5.41, 5.74) is 9.93. The Morgan fingerprint density at radius 2 is 1.25 bits per heavy atom. The molecular formula is C22H20N2. The SMILES string of the molecule is CC1=C(c2ccccc2)C(c2ccccc2)NN1c1ccccc1. The van der Waals surface area contributed by atoms with Crippen molar-refractivity contribution in [1.29, 1.82) is 0 Å². The van der Waals surface area contributed by atoms with E-state index in [1.165, 1.54) is 22.4 Å². The van der Waals surface area contributed by atoms with Crippen molar-refractivity contribution in [3.63, 3.8) is 0 Å². The molecule has 1 N–H and O–H groups in total. The lowest BCUT2D eigenvalue weighted by Crippen LogP contribution is -2.32. The Balaban J connectivity index is 1.83. The quantitative estimate of drug-likeness (QED) is 0.716. The van der Waals surface area contributed by atoms with Crippen LogP contribution in [0, 0.1) is 0 Å². The Morgan fingerprint density at radius 3 is 1.88 bits per heavy atom. The molecule has 0 saturated heterocycles. The first-order valence-corrected chi connectivity index (χ1v) is 8.27. The summed E-state index contributed by atoms with van der Waals surface area (Å²) in [6.45, 7) is 2.19. The first-order chi connectivity index (χ1) is 11.8. The molecule has 3 aromatic carbocycles. The highest BCUT2D eigenvalue weighted by atomic mass is 15.5. The molecule has 1 aliphatic rings. The molecule has 0 radical (unpaired) electrons. The second kappa shape index (κ2) is 6.34. The number of hydrogen-bond donors (Lipinski definition) is 1. The van der Waals surface area contributed by atoms with Gasteiger partial charge < -0.3 is 0 Å². The predicted octanol–water partition coefficient (Wildman–Crippen LogP) is 5.18. The van der Waals surface area contributed by atoms with E-state index in [9.17, 15) is 0 Å². The van der Waals surface area contributed by atoms with Crippen molar-refractivity contribution in [3.8, 4) is 0 Å². The van der Waals surface area contributed by atoms with E-state index in [-0.39, 0.29) is 6.04 Å². The Morgan fingerprint density at radius 1 is 0.708 bits per heavy atom. The van der Waals surface area contributed by atoms with Gasteiger partial charge in [-0.3, -0.25) is 5.01 Å². The van der Waals surface area contributed by atoms with Crippen molar-refractivity contribution in [2.45, 2.75) is 13.0 Å². The number of anilines is 1. The molecular weight excluding hydrogens is 292 g/mol. The van der Waals surface area contributed by atoms with Gasteiger partial charge in [0.05, 0.1) is 11.7 Å². The van der Waals surface area contributed by atoms with E-state index < -0.39 is 0 Å². The van der Waals surface area contributed by atoms with Crippen LogP contribution in [-0.2, 0) is 0 Å². The third-order valence-electron chi connectivity index (χ3n) is 4.50. The van der Waals surface area contributed by atoms with Gasteiger partial charge in [0.15, 0.2) is 0 Å². The molecule has 1 aliphatic heterocycles. The van der Waals surface area contributed by atoms with E-state index in [0.29, 0.717) is 0 Å². The lowest BCUT2D eigenvalue weighted by Gasteiger charge is -2.22. The number of allylic oxidation sites excluding steroid dienone is 1. The molecule has 0 aliphatic carbocycles. The topological polar surface area (TPSA) is 15.3 Å². The van der Waals surface area contributed by atoms with Crippen LogP contribution in [0.2, 0.25) is 0 Å². The lowest BCUT2D eigenvalue weighted by molar-refractivity contribution is 0.670. The summed E-state index contributed by atoms with van der Waals surface area (Å²) in [4.78, 5) is 0. The Hall–Kier alpha value is -2.84. The molecule has 0 bridgehead atoms. The maximum absolute atomic E-state index is 3.68. The summed E-state index contributed by atoms with van der Waals surface area (Å²) in [7, 11) is 0. The zero-order chi connectivity index (χ0) is 16.4. The van der Waals surface area contributed by atoms with Crippen molar-refractivity contribution in [2.24, 2.45) is 0 Å². The molecule has 0 aromatic heterocycles. The number of hydrogen-bond acceptors (Lipinski definition) is 2. The standard InChI is InChI=1S/C22H20N2/c1-17-21(18-11-5-2-6-12-18)22(19-13-7-3-8-14-19)23-24(17)20-15-9-4-10-16-20/h2-16,22-23H,1H3. The third kappa shape index (κ3) is 2.61. The first kappa shape index (κ1) is 14.7. The highest BCUT2D eigenvalue weighted by molar-refractivity contribution is 5.80. The van der Waals surface area contributed by atoms with Gasteiger partial charge in [-0.2, -0.15) is 0 Å². The van der Waals surface area contributed by atoms with Crippen LogP contribution in [0.25, 0.3) is 5.57 Å². The van der Waals surface area contributed by atoms with Crippen LogP contribution >= 0.6 is 0 Å². The van der Waals surface area contributed by atoms with Crippen LogP contribution in [0.4, 0.5) is 5.69 Å². The molecule has 3 aromatic rings. The minimum absolute atomic E-state index is 0.147. The Kier molecular flexibility index (Phi) is 3.89. The Labute approximate surface area is 143 Å². The van der Waals surface area contributed by atoms with Gasteiger partial charge in [0.1, 0.15) is 0 Å². The molecule has 1 heterocycles. The average molecular weight is 312 g/mol. The molecule has 24 heavy (non-hydrogen) atoms. The minimum atomic E-state index is 0.147. The predicted molar refractivity (Wildman–Crippen MR) is 100 cm³/mol. The fourth-order valence-corrected chi connectivity index (χ4v) is 3.35. The van der Waals surface area contributed by atoms with Crippen molar-refractivity contribution in [2.75, 3.05) is 5.01 Å². The van der Waals surface area contributed by atoms with Gasteiger partial charge in [0.25, 0.3) is 0 Å². The van der Waals surface area contributed by atoms with Crippen LogP contribution in [0.5, 0.6) is 0 Å². The van der Waals surface area contributed by atoms with Crippen LogP contribution in [-0.4, -0.2) is 0 Å². The second-order valence-electron chi connectivity index (χ2n) is 6.01. The van der Waals surface area contributed by atoms with Crippen molar-refractivity contribution >= 4 is 11.3 Å². The largest absolute Gasteiger partial charge is 0.280 e. The maximum Gasteiger partial charge on any atom is 0.0789 e. The molecule has 2 heteroatoms. The summed E-state index contributed by atoms with van der Waals surface area (Å²) in [6.07, 6.45) is 0. The zero-order valence-corrected chi connectivity index (χ0v) is 13.7. The lowest BCUT2D eigenvalue weighted by atomic mass is 9.93. The molecule has 1 atom stereocenters. The number of rotatable bonds is 3. The molecule has 0 fully saturated rings. The van der Waals surface area contributed by atoms with E-state index in [1.54, 1.807) is 0 Å². The third-order valence-corrected chi connectivity index (χ3v) is 4.50. The maximum atomic E-state index is 3.68. The molecule has 1 unspecified atom stereocenters. The van der Waals surface area contributed by atoms with Gasteiger partial charge in [0, 0.05) is 11.3 Å². The van der Waals surface area contributed by atoms with Crippen LogP contribution in [0.3, 0.4) is 0 Å². The fourth-order valence-electron chi connectivity index (χ4n) is 3.35. The highest BCUT2D eigenvalue weighted by Crippen LogP contribution is 2.40. The fraction of sp³-hybridized carbons (Fsp3) is 0.0909. The summed E-state index contributed by atoms with van der Waals surface area (Å²) in [6, 6.07) is 31.9. The number of para-hydroxylation sites is 1. The van der Waals surface area contributed by atoms with Gasteiger partial charge in [-0.05, 0) is 30.2 Å². The molecule has 0 spiro atoms. The van der Waals surface area contributed by atoms with E-state index in [4.69, 9.17) is 0 Å². The molecule has 0 saturated carbocycles. The molecule has 2 nitrogen and oxygen atoms in total. The smallest absolute Gasteiger partial charge is 0.0789 e. The Bertz CT molecular complexity index is 839. The second-order valence-corrected chi connectivity index (χ2v) is 6.01. The van der Waals surface area contributed by atoms with Gasteiger partial charge in [-0.15, -0.1) is 0 Å². The van der Waals surface area contributed by atoms with Gasteiger partial charge >= 0.3 is 0 Å². The minimum Gasteiger partial charge on any atom is -0.280 e. The zero-order valence-electron chi connectivity index (χ0n) is 13.7. The molecule has 0 amide bonds. The first-order valence-electron chi connectivity index (χ1n) is 8.27. The van der Waals surface area contributed by atoms with Crippen LogP contribution in [0.1, 0.15) is 24.1 Å². The summed E-state index contributed by atoms with van der Waals surface area (Å²) < 4.78 is 0. The van der Waals surface area contributed by atoms with Crippen molar-refractivity contribution in [3.05, 3.63) is 108 Å². The van der Waals surface area contributed by atoms with Gasteiger partial charge in [-0.25, -0.2) is 5.43 Å². The van der Waals surface area contributed by atoms with E-state index >= 15 is 0 Å². The number of benzene rings is 3. The van der Waals surface area contributed by atoms with Crippen LogP contribution < -0.4 is 10.4 Å². The molecule has 4 rings (SSSR count). The van der Waals surface area contributed by atoms with E-state index in [2.05, 4.69) is 102 Å². The molecule has 118 valence electrons. The average Bonchev–Trinajstić information content (AvgIpc) is 3.01. The summed E-state index contributed by atoms with van der Waals surface area (Å²) in [5, 5.41) is 2.19. The summed E-state index contributed by atoms with van der Waals surface area (Å²) >= 11 is 0. The number of hydrazine groups is 1. The van der Waals surface area contributed by atoms with Crippen LogP contribution in [0.15, 0.2) is 96.7 Å². The summed E-state index contributed by atoms with van der Waals surface area (Å²) in [5.74, 6) is 0. The van der Waals surface area contributed by atoms with Crippen molar-refractivity contribution < 1.29 is 0 Å². The highest BCUT2D eigenvalue weighted by Gasteiger charge is 2.31. The van der Waals surface area contributed by atoms with Crippen molar-refractivity contribution in [1.82, 2.24) is 5.43 Å². The monoisotopic (exact) mass is 312 g/mol. The van der Waals surface area contributed by atoms with Gasteiger partial charge in [-0.1, -0.05) is 78.9 Å². The number of nitrogens with zero attached hydrogens (tertiary/aromatic N) is 1.